The van der Waals surface area contributed by atoms with E-state index in [-0.39, 0.29) is 11.7 Å². The number of hydrogen-bond donors (Lipinski definition) is 2. The monoisotopic (exact) mass is 371 g/mol. The number of hydrogen-bond acceptors (Lipinski definition) is 3. The van der Waals surface area contributed by atoms with Gasteiger partial charge in [0.05, 0.1) is 22.9 Å². The molecule has 1 heterocycles. The number of carbonyl (C=O) groups excluding carboxylic acids is 1. The van der Waals surface area contributed by atoms with Gasteiger partial charge in [-0.1, -0.05) is 48.5 Å². The van der Waals surface area contributed by atoms with E-state index in [0.717, 1.165) is 28.7 Å². The van der Waals surface area contributed by atoms with Gasteiger partial charge in [-0.3, -0.25) is 4.79 Å². The van der Waals surface area contributed by atoms with Crippen molar-refractivity contribution in [1.82, 2.24) is 14.9 Å². The first-order valence-electron chi connectivity index (χ1n) is 9.16. The summed E-state index contributed by atoms with van der Waals surface area (Å²) >= 11 is 0. The predicted molar refractivity (Wildman–Crippen MR) is 109 cm³/mol. The number of nitrogens with one attached hydrogen (secondary N) is 1. The number of para-hydroxylation sites is 3. The van der Waals surface area contributed by atoms with Gasteiger partial charge in [0.25, 0.3) is 5.91 Å². The van der Waals surface area contributed by atoms with Gasteiger partial charge < -0.3 is 15.0 Å². The minimum Gasteiger partial charge on any atom is -0.507 e. The molecule has 1 amide bonds. The molecule has 0 aliphatic rings. The Morgan fingerprint density at radius 2 is 1.75 bits per heavy atom. The van der Waals surface area contributed by atoms with E-state index in [1.165, 1.54) is 0 Å². The Kier molecular flexibility index (Phi) is 4.81. The zero-order valence-electron chi connectivity index (χ0n) is 15.6. The van der Waals surface area contributed by atoms with Gasteiger partial charge in [0.15, 0.2) is 0 Å². The first-order valence-corrected chi connectivity index (χ1v) is 9.16. The molecule has 0 aliphatic heterocycles. The summed E-state index contributed by atoms with van der Waals surface area (Å²) in [5.74, 6) is -0.252. The summed E-state index contributed by atoms with van der Waals surface area (Å²) in [6.07, 6.45) is 1.85. The Balaban J connectivity index is 1.41. The van der Waals surface area contributed by atoms with E-state index in [1.807, 2.05) is 36.7 Å². The summed E-state index contributed by atoms with van der Waals surface area (Å²) in [4.78, 5) is 16.7. The third-order valence-electron chi connectivity index (χ3n) is 4.84. The maximum atomic E-state index is 12.3. The lowest BCUT2D eigenvalue weighted by Crippen LogP contribution is -2.23. The molecule has 5 heteroatoms. The topological polar surface area (TPSA) is 67.2 Å². The van der Waals surface area contributed by atoms with Crippen molar-refractivity contribution in [3.05, 3.63) is 95.3 Å². The van der Waals surface area contributed by atoms with Gasteiger partial charge in [-0.15, -0.1) is 0 Å². The normalized spacial score (nSPS) is 10.9. The Labute approximate surface area is 163 Å². The Hall–Kier alpha value is -3.60. The number of nitrogens with zero attached hydrogens (tertiary/aromatic N) is 2. The van der Waals surface area contributed by atoms with Crippen LogP contribution in [-0.4, -0.2) is 20.6 Å². The number of phenolic OH excluding ortho intramolecular Hbond substituents is 1. The fourth-order valence-electron chi connectivity index (χ4n) is 3.22. The molecule has 4 aromatic rings. The molecule has 0 unspecified atom stereocenters. The number of fused-ring (bicyclic) bond motifs is 1. The molecule has 0 aliphatic carbocycles. The number of carbonyl (C=O) groups is 1. The van der Waals surface area contributed by atoms with Crippen molar-refractivity contribution in [2.24, 2.45) is 0 Å². The van der Waals surface area contributed by atoms with Crippen molar-refractivity contribution in [1.29, 1.82) is 0 Å². The number of aromatic hydroxyl groups is 1. The molecule has 5 nitrogen and oxygen atoms in total. The Morgan fingerprint density at radius 1 is 1.00 bits per heavy atom. The van der Waals surface area contributed by atoms with E-state index in [0.29, 0.717) is 17.7 Å². The van der Waals surface area contributed by atoms with Crippen LogP contribution in [0.15, 0.2) is 73.1 Å². The second-order valence-electron chi connectivity index (χ2n) is 6.83. The maximum Gasteiger partial charge on any atom is 0.255 e. The lowest BCUT2D eigenvalue weighted by molar-refractivity contribution is 0.0948. The molecular weight excluding hydrogens is 350 g/mol. The summed E-state index contributed by atoms with van der Waals surface area (Å²) in [7, 11) is 0. The van der Waals surface area contributed by atoms with Crippen molar-refractivity contribution in [2.45, 2.75) is 20.0 Å². The largest absolute Gasteiger partial charge is 0.507 e. The van der Waals surface area contributed by atoms with Crippen molar-refractivity contribution in [3.63, 3.8) is 0 Å². The van der Waals surface area contributed by atoms with E-state index in [2.05, 4.69) is 33.1 Å². The van der Waals surface area contributed by atoms with Gasteiger partial charge in [0.1, 0.15) is 5.75 Å². The predicted octanol–water partition coefficient (Wildman–Crippen LogP) is 4.03. The second kappa shape index (κ2) is 7.56. The number of aromatic nitrogens is 2. The van der Waals surface area contributed by atoms with Gasteiger partial charge in [-0.2, -0.15) is 0 Å². The average molecular weight is 371 g/mol. The molecule has 0 fully saturated rings. The first kappa shape index (κ1) is 17.8. The highest BCUT2D eigenvalue weighted by atomic mass is 16.3. The van der Waals surface area contributed by atoms with Crippen LogP contribution in [0.1, 0.15) is 27.0 Å². The van der Waals surface area contributed by atoms with Crippen LogP contribution < -0.4 is 5.32 Å². The van der Waals surface area contributed by atoms with Crippen LogP contribution in [0.5, 0.6) is 5.75 Å². The molecule has 28 heavy (non-hydrogen) atoms. The molecule has 3 aromatic carbocycles. The van der Waals surface area contributed by atoms with Crippen LogP contribution >= 0.6 is 0 Å². The lowest BCUT2D eigenvalue weighted by atomic mass is 10.1. The average Bonchev–Trinajstić information content (AvgIpc) is 3.12. The molecular formula is C23H21N3O2. The van der Waals surface area contributed by atoms with Gasteiger partial charge in [0.2, 0.25) is 0 Å². The van der Waals surface area contributed by atoms with E-state index < -0.39 is 0 Å². The maximum absolute atomic E-state index is 12.3. The third-order valence-corrected chi connectivity index (χ3v) is 4.84. The summed E-state index contributed by atoms with van der Waals surface area (Å²) < 4.78 is 2.12. The third kappa shape index (κ3) is 3.60. The summed E-state index contributed by atoms with van der Waals surface area (Å²) in [5, 5.41) is 12.9. The summed E-state index contributed by atoms with van der Waals surface area (Å²) in [6, 6.07) is 21.3. The Bertz CT molecular complexity index is 1130. The zero-order valence-corrected chi connectivity index (χ0v) is 15.6. The summed E-state index contributed by atoms with van der Waals surface area (Å²) in [5.41, 5.74) is 5.24. The van der Waals surface area contributed by atoms with E-state index in [9.17, 15) is 9.90 Å². The fourth-order valence-corrected chi connectivity index (χ4v) is 3.22. The van der Waals surface area contributed by atoms with Crippen LogP contribution in [-0.2, 0) is 13.1 Å². The van der Waals surface area contributed by atoms with E-state index in [1.54, 1.807) is 25.1 Å². The van der Waals surface area contributed by atoms with Crippen LogP contribution in [0.3, 0.4) is 0 Å². The molecule has 2 N–H and O–H groups in total. The van der Waals surface area contributed by atoms with Crippen molar-refractivity contribution in [3.8, 4) is 5.75 Å². The van der Waals surface area contributed by atoms with E-state index >= 15 is 0 Å². The highest BCUT2D eigenvalue weighted by Crippen LogP contribution is 2.21. The van der Waals surface area contributed by atoms with Gasteiger partial charge in [-0.25, -0.2) is 4.98 Å². The van der Waals surface area contributed by atoms with Crippen LogP contribution in [0, 0.1) is 6.92 Å². The molecule has 0 radical (unpaired) electrons. The quantitative estimate of drug-likeness (QED) is 0.557. The SMILES string of the molecule is Cc1cccc(C(=O)NCc2ccc(Cn3cnc4ccccc43)cc2)c1O. The van der Waals surface area contributed by atoms with Crippen LogP contribution in [0.25, 0.3) is 11.0 Å². The highest BCUT2D eigenvalue weighted by molar-refractivity contribution is 5.97. The summed E-state index contributed by atoms with van der Waals surface area (Å²) in [6.45, 7) is 2.92. The molecule has 0 saturated heterocycles. The smallest absolute Gasteiger partial charge is 0.255 e. The number of rotatable bonds is 5. The second-order valence-corrected chi connectivity index (χ2v) is 6.83. The molecule has 140 valence electrons. The number of aryl methyl sites for hydroxylation is 1. The molecule has 1 aromatic heterocycles. The van der Waals surface area contributed by atoms with Crippen LogP contribution in [0.4, 0.5) is 0 Å². The van der Waals surface area contributed by atoms with Gasteiger partial charge in [0, 0.05) is 13.1 Å². The molecule has 0 atom stereocenters. The fraction of sp³-hybridized carbons (Fsp3) is 0.130. The van der Waals surface area contributed by atoms with Gasteiger partial charge >= 0.3 is 0 Å². The lowest BCUT2D eigenvalue weighted by Gasteiger charge is -2.09. The minimum absolute atomic E-state index is 0.0305. The molecule has 0 spiro atoms. The molecule has 0 saturated carbocycles. The number of phenols is 1. The van der Waals surface area contributed by atoms with Crippen molar-refractivity contribution in [2.75, 3.05) is 0 Å². The minimum atomic E-state index is -0.282. The van der Waals surface area contributed by atoms with E-state index in [4.69, 9.17) is 0 Å². The standard InChI is InChI=1S/C23H21N3O2/c1-16-5-4-6-19(22(16)27)23(28)24-13-17-9-11-18(12-10-17)14-26-15-25-20-7-2-3-8-21(20)26/h2-12,15,27H,13-14H2,1H3,(H,24,28). The number of amides is 1. The van der Waals surface area contributed by atoms with Crippen molar-refractivity contribution >= 4 is 16.9 Å². The zero-order chi connectivity index (χ0) is 19.5. The first-order chi connectivity index (χ1) is 13.6. The van der Waals surface area contributed by atoms with Gasteiger partial charge in [-0.05, 0) is 41.8 Å². The molecule has 4 rings (SSSR count). The highest BCUT2D eigenvalue weighted by Gasteiger charge is 2.12. The van der Waals surface area contributed by atoms with Crippen LogP contribution in [0.2, 0.25) is 0 Å². The number of imidazole rings is 1. The molecule has 0 bridgehead atoms. The number of benzene rings is 3. The Morgan fingerprint density at radius 3 is 2.57 bits per heavy atom. The van der Waals surface area contributed by atoms with Crippen molar-refractivity contribution < 1.29 is 9.90 Å².